The molecule has 2 N–H and O–H groups in total. The molecule has 0 spiro atoms. The van der Waals surface area contributed by atoms with Crippen LogP contribution in [-0.4, -0.2) is 21.6 Å². The van der Waals surface area contributed by atoms with E-state index >= 15 is 0 Å². The number of amides is 2. The molecule has 0 unspecified atom stereocenters. The van der Waals surface area contributed by atoms with E-state index in [0.29, 0.717) is 16.1 Å². The fraction of sp³-hybridized carbons (Fsp3) is 0.0526. The molecule has 1 aliphatic heterocycles. The molecule has 0 aliphatic carbocycles. The van der Waals surface area contributed by atoms with Crippen molar-refractivity contribution in [2.45, 2.75) is 6.92 Å². The van der Waals surface area contributed by atoms with Crippen molar-refractivity contribution < 1.29 is 14.7 Å². The number of para-hydroxylation sites is 1. The van der Waals surface area contributed by atoms with Crippen LogP contribution >= 0.6 is 23.6 Å². The standard InChI is InChI=1S/C19H13N3O3S2/c1-10-6-5-9-12-13(17(24)20-14(10)12)15-18(25)22(19(26)27-15)21-16(23)11-7-3-2-4-8-11/h2-9,25H,1H3,(H,21,23). The Bertz CT molecular complexity index is 1270. The van der Waals surface area contributed by atoms with E-state index in [1.54, 1.807) is 36.4 Å². The van der Waals surface area contributed by atoms with Crippen LogP contribution in [0.4, 0.5) is 0 Å². The highest BCUT2D eigenvalue weighted by Gasteiger charge is 2.26. The smallest absolute Gasteiger partial charge is 0.279 e. The van der Waals surface area contributed by atoms with Gasteiger partial charge in [0.25, 0.3) is 11.8 Å². The first-order valence-electron chi connectivity index (χ1n) is 8.02. The minimum atomic E-state index is -0.438. The highest BCUT2D eigenvalue weighted by atomic mass is 32.1. The van der Waals surface area contributed by atoms with Crippen LogP contribution in [0.25, 0.3) is 5.57 Å². The zero-order valence-corrected chi connectivity index (χ0v) is 15.7. The van der Waals surface area contributed by atoms with Crippen LogP contribution in [0.5, 0.6) is 5.88 Å². The first-order chi connectivity index (χ1) is 13.0. The van der Waals surface area contributed by atoms with Gasteiger partial charge in [0.1, 0.15) is 4.88 Å². The fourth-order valence-corrected chi connectivity index (χ4v) is 4.15. The van der Waals surface area contributed by atoms with E-state index in [9.17, 15) is 14.7 Å². The number of hydrogen-bond acceptors (Lipinski definition) is 5. The number of hydrogen-bond donors (Lipinski definition) is 2. The Balaban J connectivity index is 1.82. The van der Waals surface area contributed by atoms with E-state index in [1.807, 2.05) is 19.1 Å². The SMILES string of the molecule is Cc1cccc2c1=NC(=O)C=2c1sc(=S)n(NC(=O)c2ccccc2)c1O. The van der Waals surface area contributed by atoms with Crippen molar-refractivity contribution >= 4 is 40.9 Å². The van der Waals surface area contributed by atoms with E-state index in [1.165, 1.54) is 0 Å². The minimum absolute atomic E-state index is 0.216. The first kappa shape index (κ1) is 17.3. The van der Waals surface area contributed by atoms with E-state index in [2.05, 4.69) is 10.4 Å². The summed E-state index contributed by atoms with van der Waals surface area (Å²) < 4.78 is 1.33. The van der Waals surface area contributed by atoms with Crippen molar-refractivity contribution in [3.8, 4) is 5.88 Å². The number of aromatic hydroxyl groups is 1. The fourth-order valence-electron chi connectivity index (χ4n) is 2.88. The Morgan fingerprint density at radius 1 is 1.19 bits per heavy atom. The lowest BCUT2D eigenvalue weighted by atomic mass is 10.1. The number of carbonyl (C=O) groups excluding carboxylic acids is 2. The van der Waals surface area contributed by atoms with Gasteiger partial charge >= 0.3 is 0 Å². The van der Waals surface area contributed by atoms with Gasteiger partial charge in [-0.15, -0.1) is 0 Å². The molecular formula is C19H13N3O3S2. The highest BCUT2D eigenvalue weighted by Crippen LogP contribution is 2.31. The molecule has 0 fully saturated rings. The average molecular weight is 395 g/mol. The molecule has 1 aliphatic rings. The third-order valence-electron chi connectivity index (χ3n) is 4.20. The van der Waals surface area contributed by atoms with Crippen LogP contribution in [0.1, 0.15) is 20.8 Å². The number of nitrogens with zero attached hydrogens (tertiary/aromatic N) is 2. The van der Waals surface area contributed by atoms with Crippen molar-refractivity contribution in [1.29, 1.82) is 0 Å². The van der Waals surface area contributed by atoms with Gasteiger partial charge in [0.2, 0.25) is 5.88 Å². The summed E-state index contributed by atoms with van der Waals surface area (Å²) in [6.07, 6.45) is 0. The van der Waals surface area contributed by atoms with E-state index in [4.69, 9.17) is 12.2 Å². The maximum absolute atomic E-state index is 12.5. The Labute approximate surface area is 162 Å². The van der Waals surface area contributed by atoms with Crippen LogP contribution in [0.3, 0.4) is 0 Å². The first-order valence-corrected chi connectivity index (χ1v) is 9.24. The summed E-state index contributed by atoms with van der Waals surface area (Å²) in [6, 6.07) is 14.0. The molecule has 0 radical (unpaired) electrons. The number of aryl methyl sites for hydroxylation is 1. The largest absolute Gasteiger partial charge is 0.492 e. The van der Waals surface area contributed by atoms with Crippen molar-refractivity contribution in [3.63, 3.8) is 0 Å². The molecule has 8 heteroatoms. The van der Waals surface area contributed by atoms with Crippen LogP contribution in [0, 0.1) is 10.9 Å². The number of thiazole rings is 1. The zero-order chi connectivity index (χ0) is 19.1. The summed E-state index contributed by atoms with van der Waals surface area (Å²) in [7, 11) is 0. The molecule has 27 heavy (non-hydrogen) atoms. The molecule has 0 saturated carbocycles. The number of rotatable bonds is 3. The van der Waals surface area contributed by atoms with Gasteiger partial charge in [-0.2, -0.15) is 4.68 Å². The molecule has 2 aromatic carbocycles. The van der Waals surface area contributed by atoms with Crippen molar-refractivity contribution in [3.05, 3.63) is 79.1 Å². The Hall–Kier alpha value is -3.10. The van der Waals surface area contributed by atoms with Crippen LogP contribution in [-0.2, 0) is 4.79 Å². The number of benzene rings is 2. The lowest BCUT2D eigenvalue weighted by Crippen LogP contribution is -2.25. The maximum atomic E-state index is 12.5. The summed E-state index contributed by atoms with van der Waals surface area (Å²) in [5.41, 5.74) is 4.15. The Kier molecular flexibility index (Phi) is 4.21. The zero-order valence-electron chi connectivity index (χ0n) is 14.1. The van der Waals surface area contributed by atoms with Crippen molar-refractivity contribution in [2.24, 2.45) is 4.99 Å². The van der Waals surface area contributed by atoms with Gasteiger partial charge in [-0.3, -0.25) is 15.0 Å². The minimum Gasteiger partial charge on any atom is -0.492 e. The summed E-state index contributed by atoms with van der Waals surface area (Å²) in [6.45, 7) is 1.87. The monoisotopic (exact) mass is 395 g/mol. The van der Waals surface area contributed by atoms with Crippen LogP contribution in [0.2, 0.25) is 0 Å². The topological polar surface area (TPSA) is 83.7 Å². The number of aromatic nitrogens is 1. The van der Waals surface area contributed by atoms with Crippen molar-refractivity contribution in [1.82, 2.24) is 4.68 Å². The second kappa shape index (κ2) is 6.57. The van der Waals surface area contributed by atoms with E-state index < -0.39 is 11.8 Å². The summed E-state index contributed by atoms with van der Waals surface area (Å²) in [5.74, 6) is -1.15. The molecule has 0 bridgehead atoms. The third kappa shape index (κ3) is 2.88. The quantitative estimate of drug-likeness (QED) is 0.665. The Morgan fingerprint density at radius 3 is 2.67 bits per heavy atom. The van der Waals surface area contributed by atoms with E-state index in [-0.39, 0.29) is 20.3 Å². The summed E-state index contributed by atoms with van der Waals surface area (Å²) in [5, 5.41) is 11.9. The summed E-state index contributed by atoms with van der Waals surface area (Å²) in [4.78, 5) is 29.2. The molecule has 6 nitrogen and oxygen atoms in total. The predicted molar refractivity (Wildman–Crippen MR) is 104 cm³/mol. The maximum Gasteiger partial charge on any atom is 0.279 e. The number of carbonyl (C=O) groups is 2. The molecule has 1 aromatic heterocycles. The molecule has 2 heterocycles. The van der Waals surface area contributed by atoms with Gasteiger partial charge < -0.3 is 5.11 Å². The third-order valence-corrected chi connectivity index (χ3v) is 5.58. The normalized spacial score (nSPS) is 12.6. The lowest BCUT2D eigenvalue weighted by Gasteiger charge is -2.07. The lowest BCUT2D eigenvalue weighted by molar-refractivity contribution is -0.112. The highest BCUT2D eigenvalue weighted by molar-refractivity contribution is 7.73. The number of fused-ring (bicyclic) bond motifs is 1. The van der Waals surface area contributed by atoms with Gasteiger partial charge in [0, 0.05) is 10.8 Å². The second-order valence-electron chi connectivity index (χ2n) is 5.93. The van der Waals surface area contributed by atoms with Gasteiger partial charge in [-0.05, 0) is 36.8 Å². The van der Waals surface area contributed by atoms with Gasteiger partial charge in [0.15, 0.2) is 3.95 Å². The van der Waals surface area contributed by atoms with Gasteiger partial charge in [-0.25, -0.2) is 4.99 Å². The molecular weight excluding hydrogens is 382 g/mol. The van der Waals surface area contributed by atoms with Gasteiger partial charge in [-0.1, -0.05) is 47.7 Å². The van der Waals surface area contributed by atoms with Gasteiger partial charge in [0.05, 0.1) is 10.9 Å². The van der Waals surface area contributed by atoms with Crippen LogP contribution < -0.4 is 16.0 Å². The molecule has 4 rings (SSSR count). The molecule has 2 amide bonds. The molecule has 0 atom stereocenters. The van der Waals surface area contributed by atoms with Crippen LogP contribution in [0.15, 0.2) is 53.5 Å². The summed E-state index contributed by atoms with van der Waals surface area (Å²) >= 11 is 6.32. The second-order valence-corrected chi connectivity index (χ2v) is 7.57. The predicted octanol–water partition coefficient (Wildman–Crippen LogP) is 2.04. The van der Waals surface area contributed by atoms with E-state index in [0.717, 1.165) is 21.6 Å². The molecule has 0 saturated heterocycles. The molecule has 134 valence electrons. The average Bonchev–Trinajstić information content (AvgIpc) is 3.14. The number of nitrogens with one attached hydrogen (secondary N) is 1. The van der Waals surface area contributed by atoms with Crippen molar-refractivity contribution in [2.75, 3.05) is 5.43 Å². The molecule has 3 aromatic rings. The Morgan fingerprint density at radius 2 is 1.93 bits per heavy atom.